The fraction of sp³-hybridized carbons (Fsp3) is 0.300. The zero-order valence-electron chi connectivity index (χ0n) is 25.2. The van der Waals surface area contributed by atoms with Crippen LogP contribution in [0.25, 0.3) is 0 Å². The molecule has 0 radical (unpaired) electrons. The lowest BCUT2D eigenvalue weighted by Gasteiger charge is -2.37. The number of nitrogens with zero attached hydrogens (tertiary/aromatic N) is 4. The number of sulfonamides is 1. The Labute approximate surface area is 275 Å². The van der Waals surface area contributed by atoms with E-state index in [1.165, 1.54) is 26.4 Å². The molecule has 3 aromatic carbocycles. The molecule has 1 aromatic heterocycles. The van der Waals surface area contributed by atoms with Crippen LogP contribution in [0.1, 0.15) is 23.5 Å². The Hall–Kier alpha value is -4.71. The van der Waals surface area contributed by atoms with Gasteiger partial charge in [-0.25, -0.2) is 44.5 Å². The molecule has 2 unspecified atom stereocenters. The first-order valence-electron chi connectivity index (χ1n) is 14.1. The zero-order valence-corrected chi connectivity index (χ0v) is 26.8. The Balaban J connectivity index is 1.43. The first kappa shape index (κ1) is 34.6. The molecule has 256 valence electrons. The van der Waals surface area contributed by atoms with E-state index in [0.29, 0.717) is 47.1 Å². The molecule has 1 fully saturated rings. The van der Waals surface area contributed by atoms with Crippen LogP contribution in [0.15, 0.2) is 53.7 Å². The number of hydrogen-bond acceptors (Lipinski definition) is 9. The van der Waals surface area contributed by atoms with Crippen LogP contribution in [0.2, 0.25) is 0 Å². The number of amides is 1. The second-order valence-corrected chi connectivity index (χ2v) is 13.2. The van der Waals surface area contributed by atoms with E-state index in [-0.39, 0.29) is 36.0 Å². The lowest BCUT2D eigenvalue weighted by molar-refractivity contribution is 0.0919. The highest BCUT2D eigenvalue weighted by Crippen LogP contribution is 2.37. The van der Waals surface area contributed by atoms with Crippen molar-refractivity contribution in [1.29, 1.82) is 0 Å². The fourth-order valence-electron chi connectivity index (χ4n) is 5.41. The molecule has 1 saturated heterocycles. The molecule has 0 aliphatic carbocycles. The summed E-state index contributed by atoms with van der Waals surface area (Å²) in [5.41, 5.74) is 0.110. The third-order valence-corrected chi connectivity index (χ3v) is 10.4. The van der Waals surface area contributed by atoms with Crippen molar-refractivity contribution in [2.75, 3.05) is 38.2 Å². The highest BCUT2D eigenvalue weighted by Gasteiger charge is 2.36. The Kier molecular flexibility index (Phi) is 10.2. The van der Waals surface area contributed by atoms with Crippen molar-refractivity contribution in [2.24, 2.45) is 5.92 Å². The largest absolute Gasteiger partial charge is 0.497 e. The molecule has 18 heteroatoms. The second kappa shape index (κ2) is 14.2. The van der Waals surface area contributed by atoms with Gasteiger partial charge in [0, 0.05) is 60.4 Å². The van der Waals surface area contributed by atoms with Crippen molar-refractivity contribution in [3.63, 3.8) is 0 Å². The molecular weight excluding hydrogens is 687 g/mol. The molecule has 2 atom stereocenters. The number of hydrogen-bond donors (Lipinski definition) is 1. The topological polar surface area (TPSA) is 131 Å². The third kappa shape index (κ3) is 7.08. The number of likely N-dealkylation sites (tertiary alicyclic amines) is 1. The minimum Gasteiger partial charge on any atom is -0.497 e. The van der Waals surface area contributed by atoms with Crippen LogP contribution in [0.4, 0.5) is 31.9 Å². The predicted molar refractivity (Wildman–Crippen MR) is 161 cm³/mol. The van der Waals surface area contributed by atoms with Gasteiger partial charge in [0.15, 0.2) is 23.2 Å². The SMILES string of the molecule is COc1ccc(CN(c2ncns2)S(=O)(=O)c2cc(F)c(OCC3CN(C(=O)O)CCC3c3cc(F)c(F)cc3F)cc2F)c(OC)c1. The van der Waals surface area contributed by atoms with E-state index in [2.05, 4.69) is 9.36 Å². The number of anilines is 1. The van der Waals surface area contributed by atoms with Crippen molar-refractivity contribution in [1.82, 2.24) is 14.3 Å². The summed E-state index contributed by atoms with van der Waals surface area (Å²) in [6.45, 7) is -1.23. The summed E-state index contributed by atoms with van der Waals surface area (Å²) in [6, 6.07) is 6.59. The molecular formula is C30H27F5N4O7S2. The van der Waals surface area contributed by atoms with Gasteiger partial charge in [0.25, 0.3) is 10.0 Å². The molecule has 1 aliphatic rings. The maximum Gasteiger partial charge on any atom is 0.407 e. The van der Waals surface area contributed by atoms with Gasteiger partial charge in [0.2, 0.25) is 5.13 Å². The van der Waals surface area contributed by atoms with E-state index >= 15 is 8.78 Å². The Morgan fingerprint density at radius 2 is 1.73 bits per heavy atom. The van der Waals surface area contributed by atoms with Gasteiger partial charge in [-0.1, -0.05) is 0 Å². The molecule has 11 nitrogen and oxygen atoms in total. The first-order chi connectivity index (χ1) is 22.8. The van der Waals surface area contributed by atoms with Gasteiger partial charge >= 0.3 is 6.09 Å². The van der Waals surface area contributed by atoms with E-state index in [9.17, 15) is 31.5 Å². The Bertz CT molecular complexity index is 1920. The molecule has 0 saturated carbocycles. The zero-order chi connectivity index (χ0) is 34.7. The summed E-state index contributed by atoms with van der Waals surface area (Å²) in [5, 5.41) is 9.34. The number of ether oxygens (including phenoxy) is 3. The lowest BCUT2D eigenvalue weighted by Crippen LogP contribution is -2.44. The monoisotopic (exact) mass is 714 g/mol. The number of methoxy groups -OCH3 is 2. The number of piperidine rings is 1. The third-order valence-electron chi connectivity index (χ3n) is 7.82. The van der Waals surface area contributed by atoms with Gasteiger partial charge in [-0.3, -0.25) is 0 Å². The summed E-state index contributed by atoms with van der Waals surface area (Å²) in [7, 11) is -2.05. The number of rotatable bonds is 11. The Morgan fingerprint density at radius 3 is 2.40 bits per heavy atom. The molecule has 4 aromatic rings. The van der Waals surface area contributed by atoms with E-state index < -0.39 is 80.8 Å². The summed E-state index contributed by atoms with van der Waals surface area (Å²) >= 11 is 0.696. The van der Waals surface area contributed by atoms with Crippen molar-refractivity contribution in [2.45, 2.75) is 23.8 Å². The minimum atomic E-state index is -4.84. The highest BCUT2D eigenvalue weighted by molar-refractivity contribution is 7.93. The van der Waals surface area contributed by atoms with Crippen molar-refractivity contribution in [3.8, 4) is 17.2 Å². The van der Waals surface area contributed by atoms with Gasteiger partial charge < -0.3 is 24.2 Å². The van der Waals surface area contributed by atoms with Crippen LogP contribution in [-0.2, 0) is 16.6 Å². The molecule has 5 rings (SSSR count). The van der Waals surface area contributed by atoms with Crippen molar-refractivity contribution < 1.29 is 54.5 Å². The minimum absolute atomic E-state index is 0.00320. The summed E-state index contributed by atoms with van der Waals surface area (Å²) < 4.78 is 122. The van der Waals surface area contributed by atoms with E-state index in [0.717, 1.165) is 15.5 Å². The van der Waals surface area contributed by atoms with Crippen LogP contribution in [0.3, 0.4) is 0 Å². The van der Waals surface area contributed by atoms with E-state index in [1.807, 2.05) is 0 Å². The van der Waals surface area contributed by atoms with Gasteiger partial charge in [0.1, 0.15) is 34.4 Å². The molecule has 1 amide bonds. The summed E-state index contributed by atoms with van der Waals surface area (Å²) in [6.07, 6.45) is -0.211. The Morgan fingerprint density at radius 1 is 0.979 bits per heavy atom. The first-order valence-corrected chi connectivity index (χ1v) is 16.3. The van der Waals surface area contributed by atoms with Crippen LogP contribution in [0.5, 0.6) is 17.2 Å². The van der Waals surface area contributed by atoms with Crippen LogP contribution < -0.4 is 18.5 Å². The van der Waals surface area contributed by atoms with Crippen LogP contribution >= 0.6 is 11.5 Å². The number of aromatic nitrogens is 2. The van der Waals surface area contributed by atoms with Crippen LogP contribution in [0, 0.1) is 35.0 Å². The standard InChI is InChI=1S/C30H27F5N4O7S2/c1-44-18-4-3-16(26(7-18)45-2)13-39(29-36-15-37-47-29)48(42,43)28-11-24(34)27(10-25(28)35)46-14-17-12-38(30(40)41)6-5-19(17)20-8-22(32)23(33)9-21(20)31/h3-4,7-11,15,17,19H,5-6,12-14H2,1-2H3,(H,40,41). The highest BCUT2D eigenvalue weighted by atomic mass is 32.2. The average molecular weight is 715 g/mol. The predicted octanol–water partition coefficient (Wildman–Crippen LogP) is 5.81. The summed E-state index contributed by atoms with van der Waals surface area (Å²) in [4.78, 5) is 15.5. The van der Waals surface area contributed by atoms with Crippen molar-refractivity contribution in [3.05, 3.63) is 89.0 Å². The van der Waals surface area contributed by atoms with Gasteiger partial charge in [-0.05, 0) is 36.1 Å². The number of carboxylic acid groups (broad SMARTS) is 1. The van der Waals surface area contributed by atoms with Crippen molar-refractivity contribution >= 4 is 32.8 Å². The molecule has 2 heterocycles. The fourth-order valence-corrected chi connectivity index (χ4v) is 7.60. The van der Waals surface area contributed by atoms with Crippen LogP contribution in [-0.4, -0.2) is 67.8 Å². The maximum absolute atomic E-state index is 15.6. The molecule has 0 bridgehead atoms. The molecule has 1 aliphatic heterocycles. The lowest BCUT2D eigenvalue weighted by atomic mass is 9.80. The van der Waals surface area contributed by atoms with Gasteiger partial charge in [0.05, 0.1) is 27.4 Å². The molecule has 0 spiro atoms. The van der Waals surface area contributed by atoms with Gasteiger partial charge in [-0.15, -0.1) is 0 Å². The normalized spacial score (nSPS) is 16.4. The molecule has 1 N–H and O–H groups in total. The molecule has 48 heavy (non-hydrogen) atoms. The second-order valence-electron chi connectivity index (χ2n) is 10.6. The number of benzene rings is 3. The smallest absolute Gasteiger partial charge is 0.407 e. The average Bonchev–Trinajstić information content (AvgIpc) is 3.59. The quantitative estimate of drug-likeness (QED) is 0.151. The van der Waals surface area contributed by atoms with Gasteiger partial charge in [-0.2, -0.15) is 4.37 Å². The number of halogens is 5. The summed E-state index contributed by atoms with van der Waals surface area (Å²) in [5.74, 6) is -8.29. The number of carbonyl (C=O) groups is 1. The van der Waals surface area contributed by atoms with E-state index in [4.69, 9.17) is 14.2 Å². The maximum atomic E-state index is 15.6. The van der Waals surface area contributed by atoms with E-state index in [1.54, 1.807) is 6.07 Å².